The van der Waals surface area contributed by atoms with Gasteiger partial charge in [-0.1, -0.05) is 12.0 Å². The van der Waals surface area contributed by atoms with Gasteiger partial charge in [0.25, 0.3) is 5.92 Å². The third-order valence-corrected chi connectivity index (χ3v) is 7.66. The Morgan fingerprint density at radius 3 is 2.60 bits per heavy atom. The smallest absolute Gasteiger partial charge is 0.272 e. The highest BCUT2D eigenvalue weighted by atomic mass is 19.3. The first-order valence-electron chi connectivity index (χ1n) is 11.4. The van der Waals surface area contributed by atoms with E-state index < -0.39 is 30.0 Å². The minimum atomic E-state index is -2.97. The second-order valence-corrected chi connectivity index (χ2v) is 9.66. The molecule has 0 amide bonds. The highest BCUT2D eigenvalue weighted by Gasteiger charge is 2.61. The SMILES string of the molecule is C#Cc1c(F)ccc2cc(O)cc(-c3ncc4c(C5C6CNC[C@@H]65)nn(C5CC5(F)F)c4c3F)c12. The molecule has 4 atom stereocenters. The summed E-state index contributed by atoms with van der Waals surface area (Å²) in [6.45, 7) is 1.62. The molecule has 5 nitrogen and oxygen atoms in total. The molecule has 0 radical (unpaired) electrons. The van der Waals surface area contributed by atoms with Crippen LogP contribution in [0.5, 0.6) is 5.75 Å². The van der Waals surface area contributed by atoms with E-state index in [0.717, 1.165) is 17.8 Å². The van der Waals surface area contributed by atoms with Gasteiger partial charge >= 0.3 is 0 Å². The first kappa shape index (κ1) is 20.7. The highest BCUT2D eigenvalue weighted by Crippen LogP contribution is 2.59. The van der Waals surface area contributed by atoms with E-state index in [1.54, 1.807) is 0 Å². The lowest BCUT2D eigenvalue weighted by molar-refractivity contribution is 0.0990. The maximum Gasteiger partial charge on any atom is 0.272 e. The van der Waals surface area contributed by atoms with Crippen LogP contribution in [0.3, 0.4) is 0 Å². The molecule has 3 aliphatic rings. The third kappa shape index (κ3) is 2.80. The Morgan fingerprint density at radius 1 is 1.17 bits per heavy atom. The first-order valence-corrected chi connectivity index (χ1v) is 11.4. The summed E-state index contributed by atoms with van der Waals surface area (Å²) in [7, 11) is 0. The van der Waals surface area contributed by atoms with E-state index >= 15 is 4.39 Å². The Bertz CT molecular complexity index is 1610. The Hall–Kier alpha value is -3.64. The average molecular weight is 478 g/mol. The van der Waals surface area contributed by atoms with Crippen LogP contribution >= 0.6 is 0 Å². The minimum absolute atomic E-state index is 0.0553. The van der Waals surface area contributed by atoms with Gasteiger partial charge in [0.15, 0.2) is 5.82 Å². The second kappa shape index (κ2) is 6.73. The van der Waals surface area contributed by atoms with Gasteiger partial charge in [0.2, 0.25) is 0 Å². The number of piperidine rings is 1. The second-order valence-electron chi connectivity index (χ2n) is 9.66. The van der Waals surface area contributed by atoms with Crippen LogP contribution in [-0.2, 0) is 0 Å². The number of pyridine rings is 1. The molecular formula is C26H18F4N4O. The number of alkyl halides is 2. The van der Waals surface area contributed by atoms with Crippen molar-refractivity contribution in [3.8, 4) is 29.4 Å². The molecule has 2 aromatic carbocycles. The molecule has 7 rings (SSSR count). The predicted octanol–water partition coefficient (Wildman–Crippen LogP) is 4.73. The van der Waals surface area contributed by atoms with Crippen molar-refractivity contribution >= 4 is 21.7 Å². The Balaban J connectivity index is 1.50. The number of phenolic OH excluding ortho intramolecular Hbond substituents is 1. The lowest BCUT2D eigenvalue weighted by Gasteiger charge is -2.12. The number of nitrogens with zero attached hydrogens (tertiary/aromatic N) is 3. The van der Waals surface area contributed by atoms with E-state index in [2.05, 4.69) is 21.3 Å². The van der Waals surface area contributed by atoms with Crippen molar-refractivity contribution in [2.45, 2.75) is 24.3 Å². The van der Waals surface area contributed by atoms with Crippen LogP contribution in [0.2, 0.25) is 0 Å². The molecule has 4 aromatic rings. The molecule has 3 unspecified atom stereocenters. The number of hydrogen-bond donors (Lipinski definition) is 2. The van der Waals surface area contributed by atoms with Gasteiger partial charge in [-0.05, 0) is 48.5 Å². The molecule has 1 aliphatic heterocycles. The molecule has 1 saturated heterocycles. The fraction of sp³-hybridized carbons (Fsp3) is 0.308. The molecule has 0 spiro atoms. The fourth-order valence-electron chi connectivity index (χ4n) is 5.81. The third-order valence-electron chi connectivity index (χ3n) is 7.66. The molecule has 35 heavy (non-hydrogen) atoms. The van der Waals surface area contributed by atoms with Gasteiger partial charge in [0, 0.05) is 34.9 Å². The number of phenols is 1. The largest absolute Gasteiger partial charge is 0.508 e. The van der Waals surface area contributed by atoms with Crippen LogP contribution < -0.4 is 5.32 Å². The highest BCUT2D eigenvalue weighted by molar-refractivity contribution is 6.02. The number of rotatable bonds is 3. The van der Waals surface area contributed by atoms with Gasteiger partial charge in [0.05, 0.1) is 11.3 Å². The molecular weight excluding hydrogens is 460 g/mol. The molecule has 2 aliphatic carbocycles. The van der Waals surface area contributed by atoms with Gasteiger partial charge in [-0.3, -0.25) is 9.67 Å². The zero-order valence-electron chi connectivity index (χ0n) is 18.2. The van der Waals surface area contributed by atoms with Crippen LogP contribution in [0, 0.1) is 35.8 Å². The van der Waals surface area contributed by atoms with Crippen LogP contribution in [0.4, 0.5) is 17.6 Å². The normalized spacial score (nSPS) is 26.1. The standard InChI is InChI=1S/C26H18F4N4O/c1-2-13-18(27)4-3-11-5-12(35)6-14(20(11)13)24-22(28)25-17(10-32-24)23(21-15-8-31-9-16(15)21)33-34(25)19-7-26(19,29)30/h1,3-6,10,15-16,19,21,31,35H,7-9H2/t15-,16?,19?,21?/m0/s1. The van der Waals surface area contributed by atoms with Crippen LogP contribution in [-0.4, -0.2) is 38.9 Å². The monoisotopic (exact) mass is 478 g/mol. The maximum absolute atomic E-state index is 16.2. The number of benzene rings is 2. The van der Waals surface area contributed by atoms with Gasteiger partial charge in [0.1, 0.15) is 28.8 Å². The molecule has 0 bridgehead atoms. The van der Waals surface area contributed by atoms with Crippen molar-refractivity contribution in [1.82, 2.24) is 20.1 Å². The molecule has 3 fully saturated rings. The molecule has 2 saturated carbocycles. The molecule has 176 valence electrons. The van der Waals surface area contributed by atoms with Gasteiger partial charge in [-0.2, -0.15) is 5.10 Å². The summed E-state index contributed by atoms with van der Waals surface area (Å²) in [6.07, 6.45) is 6.58. The number of hydrogen-bond acceptors (Lipinski definition) is 4. The van der Waals surface area contributed by atoms with Crippen molar-refractivity contribution < 1.29 is 22.7 Å². The summed E-state index contributed by atoms with van der Waals surface area (Å²) < 4.78 is 60.1. The number of aromatic nitrogens is 3. The van der Waals surface area contributed by atoms with E-state index in [1.165, 1.54) is 30.5 Å². The Kier molecular flexibility index (Phi) is 3.98. The molecule has 2 aromatic heterocycles. The molecule has 3 heterocycles. The van der Waals surface area contributed by atoms with Crippen LogP contribution in [0.1, 0.15) is 29.6 Å². The summed E-state index contributed by atoms with van der Waals surface area (Å²) in [5.74, 6) is -1.62. The fourth-order valence-corrected chi connectivity index (χ4v) is 5.81. The van der Waals surface area contributed by atoms with Crippen molar-refractivity contribution in [1.29, 1.82) is 0 Å². The van der Waals surface area contributed by atoms with E-state index in [0.29, 0.717) is 28.3 Å². The maximum atomic E-state index is 16.2. The Labute approximate surface area is 196 Å². The van der Waals surface area contributed by atoms with Crippen LogP contribution in [0.15, 0.2) is 30.5 Å². The predicted molar refractivity (Wildman–Crippen MR) is 121 cm³/mol. The summed E-state index contributed by atoms with van der Waals surface area (Å²) >= 11 is 0. The first-order chi connectivity index (χ1) is 16.8. The number of terminal acetylenes is 1. The van der Waals surface area contributed by atoms with Gasteiger partial charge < -0.3 is 10.4 Å². The number of aromatic hydroxyl groups is 1. The quantitative estimate of drug-likeness (QED) is 0.330. The van der Waals surface area contributed by atoms with E-state index in [-0.39, 0.29) is 39.4 Å². The summed E-state index contributed by atoms with van der Waals surface area (Å²) in [4.78, 5) is 4.33. The van der Waals surface area contributed by atoms with Gasteiger partial charge in [-0.25, -0.2) is 17.6 Å². The lowest BCUT2D eigenvalue weighted by Crippen LogP contribution is -2.14. The van der Waals surface area contributed by atoms with E-state index in [1.807, 2.05) is 0 Å². The van der Waals surface area contributed by atoms with Crippen molar-refractivity contribution in [2.24, 2.45) is 11.8 Å². The van der Waals surface area contributed by atoms with Crippen LogP contribution in [0.25, 0.3) is 32.9 Å². The number of halogens is 4. The molecule has 2 N–H and O–H groups in total. The minimum Gasteiger partial charge on any atom is -0.508 e. The van der Waals surface area contributed by atoms with Crippen molar-refractivity contribution in [3.63, 3.8) is 0 Å². The van der Waals surface area contributed by atoms with Crippen molar-refractivity contribution in [3.05, 3.63) is 53.4 Å². The Morgan fingerprint density at radius 2 is 1.91 bits per heavy atom. The molecule has 9 heteroatoms. The number of nitrogens with one attached hydrogen (secondary N) is 1. The lowest BCUT2D eigenvalue weighted by atomic mass is 9.95. The van der Waals surface area contributed by atoms with E-state index in [9.17, 15) is 18.3 Å². The zero-order valence-corrected chi connectivity index (χ0v) is 18.2. The van der Waals surface area contributed by atoms with E-state index in [4.69, 9.17) is 6.42 Å². The topological polar surface area (TPSA) is 63.0 Å². The van der Waals surface area contributed by atoms with Gasteiger partial charge in [-0.15, -0.1) is 6.42 Å². The summed E-state index contributed by atoms with van der Waals surface area (Å²) in [5.41, 5.74) is 0.305. The zero-order chi connectivity index (χ0) is 24.2. The summed E-state index contributed by atoms with van der Waals surface area (Å²) in [6, 6.07) is 4.01. The number of fused-ring (bicyclic) bond motifs is 3. The van der Waals surface area contributed by atoms with Crippen molar-refractivity contribution in [2.75, 3.05) is 13.1 Å². The average Bonchev–Trinajstić information content (AvgIpc) is 3.49. The summed E-state index contributed by atoms with van der Waals surface area (Å²) in [5, 5.41) is 19.1.